The number of quaternary nitrogens is 2. The first kappa shape index (κ1) is 22.4. The van der Waals surface area contributed by atoms with Crippen LogP contribution in [0.15, 0.2) is 59.1 Å². The Morgan fingerprint density at radius 2 is 1.40 bits per heavy atom. The number of aliphatic hydroxyl groups excluding tert-OH is 1. The van der Waals surface area contributed by atoms with E-state index in [1.807, 2.05) is 24.3 Å². The summed E-state index contributed by atoms with van der Waals surface area (Å²) in [6.45, 7) is 6.55. The van der Waals surface area contributed by atoms with Gasteiger partial charge in [0.15, 0.2) is 0 Å². The van der Waals surface area contributed by atoms with Crippen molar-refractivity contribution in [3.63, 3.8) is 0 Å². The van der Waals surface area contributed by atoms with Crippen molar-refractivity contribution in [3.05, 3.63) is 70.2 Å². The Kier molecular flexibility index (Phi) is 10.0. The Balaban J connectivity index is 0.00000156. The smallest absolute Gasteiger partial charge is 0.128 e. The predicted molar refractivity (Wildman–Crippen MR) is 95.5 cm³/mol. The quantitative estimate of drug-likeness (QED) is 0.419. The first-order chi connectivity index (χ1) is 11.2. The molecule has 25 heavy (non-hydrogen) atoms. The number of hydrogen-bond acceptors (Lipinski definition) is 1. The Hall–Kier alpha value is -0.620. The molecule has 1 atom stereocenters. The molecule has 138 valence electrons. The van der Waals surface area contributed by atoms with Gasteiger partial charge in [-0.2, -0.15) is 0 Å². The third kappa shape index (κ3) is 6.89. The van der Waals surface area contributed by atoms with Crippen molar-refractivity contribution in [1.82, 2.24) is 0 Å². The second kappa shape index (κ2) is 11.2. The van der Waals surface area contributed by atoms with Crippen LogP contribution in [-0.4, -0.2) is 37.8 Å². The van der Waals surface area contributed by atoms with E-state index in [1.165, 1.54) is 23.6 Å². The fourth-order valence-electron chi connectivity index (χ4n) is 3.30. The van der Waals surface area contributed by atoms with Gasteiger partial charge in [0.2, 0.25) is 0 Å². The number of rotatable bonds is 5. The van der Waals surface area contributed by atoms with Crippen LogP contribution in [0.2, 0.25) is 0 Å². The van der Waals surface area contributed by atoms with Crippen LogP contribution in [0.1, 0.15) is 17.2 Å². The molecule has 3 rings (SSSR count). The highest BCUT2D eigenvalue weighted by atomic mass is 79.9. The number of nitrogens with one attached hydrogen (secondary N) is 2. The van der Waals surface area contributed by atoms with Crippen LogP contribution in [0, 0.1) is 0 Å². The minimum Gasteiger partial charge on any atom is -1.00 e. The van der Waals surface area contributed by atoms with Gasteiger partial charge in [0.1, 0.15) is 45.4 Å². The van der Waals surface area contributed by atoms with E-state index in [0.717, 1.165) is 36.2 Å². The molecular weight excluding hydrogens is 423 g/mol. The number of hydrogen-bond donors (Lipinski definition) is 3. The Morgan fingerprint density at radius 3 is 2.00 bits per heavy atom. The lowest BCUT2D eigenvalue weighted by atomic mass is 10.1. The third-order valence-electron chi connectivity index (χ3n) is 4.70. The van der Waals surface area contributed by atoms with Crippen molar-refractivity contribution in [2.75, 3.05) is 32.7 Å². The molecule has 0 radical (unpaired) electrons. The second-order valence-electron chi connectivity index (χ2n) is 6.43. The van der Waals surface area contributed by atoms with Gasteiger partial charge < -0.3 is 39.7 Å². The zero-order valence-electron chi connectivity index (χ0n) is 14.1. The molecule has 0 aromatic heterocycles. The van der Waals surface area contributed by atoms with E-state index < -0.39 is 0 Å². The molecule has 1 fully saturated rings. The van der Waals surface area contributed by atoms with Crippen molar-refractivity contribution >= 4 is 15.9 Å². The van der Waals surface area contributed by atoms with E-state index >= 15 is 0 Å². The first-order valence-electron chi connectivity index (χ1n) is 8.35. The summed E-state index contributed by atoms with van der Waals surface area (Å²) in [7, 11) is 0. The van der Waals surface area contributed by atoms with Crippen LogP contribution in [0.4, 0.5) is 0 Å². The molecule has 3 nitrogen and oxygen atoms in total. The van der Waals surface area contributed by atoms with Gasteiger partial charge in [-0.3, -0.25) is 0 Å². The summed E-state index contributed by atoms with van der Waals surface area (Å²) in [5.41, 5.74) is 2.43. The fraction of sp³-hybridized carbons (Fsp3) is 0.368. The molecule has 0 saturated carbocycles. The number of halogens is 3. The molecule has 2 aromatic rings. The fourth-order valence-corrected chi connectivity index (χ4v) is 3.56. The first-order valence-corrected chi connectivity index (χ1v) is 9.14. The lowest BCUT2D eigenvalue weighted by Crippen LogP contribution is -3.27. The summed E-state index contributed by atoms with van der Waals surface area (Å²) in [5.74, 6) is 0. The zero-order valence-corrected chi connectivity index (χ0v) is 17.2. The van der Waals surface area contributed by atoms with Crippen LogP contribution in [0.5, 0.6) is 0 Å². The van der Waals surface area contributed by atoms with Gasteiger partial charge >= 0.3 is 0 Å². The number of aliphatic hydroxyl groups is 1. The summed E-state index contributed by atoms with van der Waals surface area (Å²) in [4.78, 5) is 3.16. The molecule has 1 unspecified atom stereocenters. The van der Waals surface area contributed by atoms with E-state index in [4.69, 9.17) is 0 Å². The maximum Gasteiger partial charge on any atom is 0.128 e. The van der Waals surface area contributed by atoms with Crippen molar-refractivity contribution < 1.29 is 39.7 Å². The number of benzene rings is 2. The third-order valence-corrected chi connectivity index (χ3v) is 5.23. The van der Waals surface area contributed by atoms with Gasteiger partial charge in [-0.25, -0.2) is 0 Å². The normalized spacial score (nSPS) is 20.9. The Morgan fingerprint density at radius 1 is 0.840 bits per heavy atom. The van der Waals surface area contributed by atoms with Crippen LogP contribution in [0.25, 0.3) is 0 Å². The SMILES string of the molecule is OC(C[NH+]1CC[NH+](Cc2ccccc2)CC1)c1ccc(Br)cc1.[Cl-].[Cl-]. The largest absolute Gasteiger partial charge is 1.00 e. The molecular formula is C19H25BrCl2N2O. The second-order valence-corrected chi connectivity index (χ2v) is 7.35. The van der Waals surface area contributed by atoms with Gasteiger partial charge in [-0.1, -0.05) is 58.4 Å². The van der Waals surface area contributed by atoms with Crippen LogP contribution < -0.4 is 34.6 Å². The molecule has 6 heteroatoms. The van der Waals surface area contributed by atoms with E-state index in [9.17, 15) is 5.11 Å². The van der Waals surface area contributed by atoms with Gasteiger partial charge in [0.25, 0.3) is 0 Å². The maximum absolute atomic E-state index is 10.4. The molecule has 0 spiro atoms. The van der Waals surface area contributed by atoms with E-state index in [0.29, 0.717) is 0 Å². The van der Waals surface area contributed by atoms with Gasteiger partial charge in [-0.05, 0) is 17.7 Å². The van der Waals surface area contributed by atoms with Crippen molar-refractivity contribution in [3.8, 4) is 0 Å². The monoisotopic (exact) mass is 446 g/mol. The standard InChI is InChI=1S/C19H23BrN2O.2ClH/c20-18-8-6-17(7-9-18)19(23)15-22-12-10-21(11-13-22)14-16-4-2-1-3-5-16;;/h1-9,19,23H,10-15H2;2*1H. The predicted octanol–water partition coefficient (Wildman–Crippen LogP) is -5.53. The Labute approximate surface area is 171 Å². The number of piperazine rings is 1. The molecule has 2 aromatic carbocycles. The molecule has 3 N–H and O–H groups in total. The summed E-state index contributed by atoms with van der Waals surface area (Å²) in [6.07, 6.45) is -0.367. The van der Waals surface area contributed by atoms with Crippen molar-refractivity contribution in [2.45, 2.75) is 12.6 Å². The molecule has 1 heterocycles. The van der Waals surface area contributed by atoms with E-state index in [1.54, 1.807) is 4.90 Å². The Bertz CT molecular complexity index is 605. The van der Waals surface area contributed by atoms with Gasteiger partial charge in [-0.15, -0.1) is 0 Å². The highest BCUT2D eigenvalue weighted by Crippen LogP contribution is 2.15. The zero-order chi connectivity index (χ0) is 16.1. The van der Waals surface area contributed by atoms with Crippen LogP contribution in [-0.2, 0) is 6.54 Å². The summed E-state index contributed by atoms with van der Waals surface area (Å²) >= 11 is 3.44. The average molecular weight is 448 g/mol. The van der Waals surface area contributed by atoms with Crippen molar-refractivity contribution in [1.29, 1.82) is 0 Å². The topological polar surface area (TPSA) is 29.1 Å². The summed E-state index contributed by atoms with van der Waals surface area (Å²) in [6, 6.07) is 18.7. The summed E-state index contributed by atoms with van der Waals surface area (Å²) < 4.78 is 1.05. The summed E-state index contributed by atoms with van der Waals surface area (Å²) in [5, 5.41) is 10.4. The van der Waals surface area contributed by atoms with Crippen LogP contribution in [0.3, 0.4) is 0 Å². The molecule has 0 bridgehead atoms. The van der Waals surface area contributed by atoms with Crippen molar-refractivity contribution in [2.24, 2.45) is 0 Å². The molecule has 0 amide bonds. The minimum atomic E-state index is -0.367. The average Bonchev–Trinajstić information content (AvgIpc) is 2.58. The molecule has 0 aliphatic carbocycles. The van der Waals surface area contributed by atoms with Gasteiger partial charge in [0, 0.05) is 10.0 Å². The van der Waals surface area contributed by atoms with E-state index in [2.05, 4.69) is 46.3 Å². The minimum absolute atomic E-state index is 0. The lowest BCUT2D eigenvalue weighted by Gasteiger charge is -2.31. The highest BCUT2D eigenvalue weighted by molar-refractivity contribution is 9.10. The molecule has 1 aliphatic rings. The maximum atomic E-state index is 10.4. The van der Waals surface area contributed by atoms with Crippen LogP contribution >= 0.6 is 15.9 Å². The van der Waals surface area contributed by atoms with Gasteiger partial charge in [0.05, 0.1) is 0 Å². The lowest BCUT2D eigenvalue weighted by molar-refractivity contribution is -1.02. The van der Waals surface area contributed by atoms with E-state index in [-0.39, 0.29) is 30.9 Å². The highest BCUT2D eigenvalue weighted by Gasteiger charge is 2.25. The molecule has 1 aliphatic heterocycles. The molecule has 1 saturated heterocycles.